The Bertz CT molecular complexity index is 429. The number of ether oxygens (including phenoxy) is 1. The highest BCUT2D eigenvalue weighted by molar-refractivity contribution is 5.95. The third-order valence-electron chi connectivity index (χ3n) is 2.94. The summed E-state index contributed by atoms with van der Waals surface area (Å²) < 4.78 is 5.23. The maximum absolute atomic E-state index is 11.9. The van der Waals surface area contributed by atoms with E-state index in [-0.39, 0.29) is 35.1 Å². The Morgan fingerprint density at radius 2 is 2.00 bits per heavy atom. The Morgan fingerprint density at radius 3 is 2.61 bits per heavy atom. The molecule has 2 rings (SSSR count). The van der Waals surface area contributed by atoms with E-state index < -0.39 is 0 Å². The molecule has 1 aromatic carbocycles. The third-order valence-corrected chi connectivity index (χ3v) is 2.94. The summed E-state index contributed by atoms with van der Waals surface area (Å²) in [5.41, 5.74) is 0.217. The molecule has 0 aliphatic carbocycles. The van der Waals surface area contributed by atoms with Crippen molar-refractivity contribution in [1.29, 1.82) is 0 Å². The van der Waals surface area contributed by atoms with Crippen LogP contribution >= 0.6 is 0 Å². The lowest BCUT2D eigenvalue weighted by Crippen LogP contribution is -2.43. The molecular formula is C12H16N2O4. The first-order valence-corrected chi connectivity index (χ1v) is 5.67. The molecule has 0 bridgehead atoms. The van der Waals surface area contributed by atoms with Gasteiger partial charge in [0.2, 0.25) is 0 Å². The van der Waals surface area contributed by atoms with Gasteiger partial charge in [-0.15, -0.1) is 0 Å². The summed E-state index contributed by atoms with van der Waals surface area (Å²) in [5.74, 6) is -0.641. The van der Waals surface area contributed by atoms with Crippen LogP contribution < -0.4 is 10.6 Å². The zero-order chi connectivity index (χ0) is 13.1. The van der Waals surface area contributed by atoms with Crippen molar-refractivity contribution in [3.63, 3.8) is 0 Å². The Labute approximate surface area is 105 Å². The van der Waals surface area contributed by atoms with Gasteiger partial charge >= 0.3 is 0 Å². The fourth-order valence-corrected chi connectivity index (χ4v) is 2.02. The molecular weight excluding hydrogens is 236 g/mol. The van der Waals surface area contributed by atoms with Gasteiger partial charge in [-0.05, 0) is 12.1 Å². The molecule has 1 unspecified atom stereocenters. The topological polar surface area (TPSA) is 90.8 Å². The van der Waals surface area contributed by atoms with E-state index in [4.69, 9.17) is 4.74 Å². The normalized spacial score (nSPS) is 22.9. The van der Waals surface area contributed by atoms with Gasteiger partial charge in [-0.3, -0.25) is 4.79 Å². The van der Waals surface area contributed by atoms with Gasteiger partial charge in [0.15, 0.2) is 0 Å². The van der Waals surface area contributed by atoms with Gasteiger partial charge in [-0.2, -0.15) is 0 Å². The second kappa shape index (κ2) is 5.24. The van der Waals surface area contributed by atoms with Crippen molar-refractivity contribution in [3.8, 4) is 11.5 Å². The van der Waals surface area contributed by atoms with E-state index in [1.165, 1.54) is 18.2 Å². The van der Waals surface area contributed by atoms with Gasteiger partial charge < -0.3 is 25.6 Å². The Hall–Kier alpha value is -1.79. The SMILES string of the molecule is CO[C@H]1CNCC1NC(=O)c1cc(O)cc(O)c1. The Kier molecular flexibility index (Phi) is 3.69. The summed E-state index contributed by atoms with van der Waals surface area (Å²) in [6.45, 7) is 1.32. The molecule has 1 saturated heterocycles. The van der Waals surface area contributed by atoms with Crippen molar-refractivity contribution in [3.05, 3.63) is 23.8 Å². The zero-order valence-corrected chi connectivity index (χ0v) is 10.0. The van der Waals surface area contributed by atoms with Gasteiger partial charge in [-0.25, -0.2) is 0 Å². The van der Waals surface area contributed by atoms with E-state index >= 15 is 0 Å². The van der Waals surface area contributed by atoms with E-state index in [9.17, 15) is 15.0 Å². The largest absolute Gasteiger partial charge is 0.508 e. The minimum atomic E-state index is -0.350. The number of nitrogens with one attached hydrogen (secondary N) is 2. The highest BCUT2D eigenvalue weighted by Gasteiger charge is 2.28. The number of amides is 1. The van der Waals surface area contributed by atoms with Crippen molar-refractivity contribution in [1.82, 2.24) is 10.6 Å². The molecule has 1 amide bonds. The number of aromatic hydroxyl groups is 2. The third kappa shape index (κ3) is 2.72. The van der Waals surface area contributed by atoms with Crippen molar-refractivity contribution >= 4 is 5.91 Å². The smallest absolute Gasteiger partial charge is 0.251 e. The Balaban J connectivity index is 2.07. The van der Waals surface area contributed by atoms with E-state index in [1.54, 1.807) is 7.11 Å². The second-order valence-corrected chi connectivity index (χ2v) is 4.25. The number of hydrogen-bond donors (Lipinski definition) is 4. The summed E-state index contributed by atoms with van der Waals surface area (Å²) in [6, 6.07) is 3.66. The fraction of sp³-hybridized carbons (Fsp3) is 0.417. The molecule has 4 N–H and O–H groups in total. The molecule has 1 heterocycles. The summed E-state index contributed by atoms with van der Waals surface area (Å²) in [6.07, 6.45) is -0.0696. The lowest BCUT2D eigenvalue weighted by molar-refractivity contribution is 0.0779. The number of benzene rings is 1. The van der Waals surface area contributed by atoms with Gasteiger partial charge in [-0.1, -0.05) is 0 Å². The molecule has 1 fully saturated rings. The van der Waals surface area contributed by atoms with Gasteiger partial charge in [0.25, 0.3) is 5.91 Å². The van der Waals surface area contributed by atoms with Crippen LogP contribution in [0.2, 0.25) is 0 Å². The minimum Gasteiger partial charge on any atom is -0.508 e. The maximum atomic E-state index is 11.9. The number of carbonyl (C=O) groups is 1. The van der Waals surface area contributed by atoms with Crippen LogP contribution in [0.1, 0.15) is 10.4 Å². The highest BCUT2D eigenvalue weighted by Crippen LogP contribution is 2.20. The lowest BCUT2D eigenvalue weighted by atomic mass is 10.1. The van der Waals surface area contributed by atoms with E-state index in [2.05, 4.69) is 10.6 Å². The molecule has 18 heavy (non-hydrogen) atoms. The van der Waals surface area contributed by atoms with Gasteiger partial charge in [0.1, 0.15) is 11.5 Å². The first-order valence-electron chi connectivity index (χ1n) is 5.67. The van der Waals surface area contributed by atoms with Crippen LogP contribution in [-0.4, -0.2) is 48.5 Å². The zero-order valence-electron chi connectivity index (χ0n) is 10.0. The number of carbonyl (C=O) groups excluding carboxylic acids is 1. The first-order chi connectivity index (χ1) is 8.60. The number of rotatable bonds is 3. The van der Waals surface area contributed by atoms with Crippen LogP contribution in [0.4, 0.5) is 0 Å². The molecule has 2 atom stereocenters. The van der Waals surface area contributed by atoms with Crippen LogP contribution in [-0.2, 0) is 4.74 Å². The Morgan fingerprint density at radius 1 is 1.33 bits per heavy atom. The van der Waals surface area contributed by atoms with Crippen LogP contribution in [0.25, 0.3) is 0 Å². The predicted molar refractivity (Wildman–Crippen MR) is 64.7 cm³/mol. The number of phenolic OH excluding ortho intramolecular Hbond substituents is 2. The van der Waals surface area contributed by atoms with E-state index in [0.29, 0.717) is 13.1 Å². The van der Waals surface area contributed by atoms with Crippen LogP contribution in [0.15, 0.2) is 18.2 Å². The molecule has 0 saturated carbocycles. The van der Waals surface area contributed by atoms with Crippen LogP contribution in [0, 0.1) is 0 Å². The van der Waals surface area contributed by atoms with E-state index in [0.717, 1.165) is 0 Å². The van der Waals surface area contributed by atoms with Crippen molar-refractivity contribution in [2.45, 2.75) is 12.1 Å². The van der Waals surface area contributed by atoms with Crippen LogP contribution in [0.5, 0.6) is 11.5 Å². The van der Waals surface area contributed by atoms with Gasteiger partial charge in [0, 0.05) is 31.8 Å². The monoisotopic (exact) mass is 252 g/mol. The maximum Gasteiger partial charge on any atom is 0.251 e. The van der Waals surface area contributed by atoms with E-state index in [1.807, 2.05) is 0 Å². The summed E-state index contributed by atoms with van der Waals surface area (Å²) in [4.78, 5) is 11.9. The van der Waals surface area contributed by atoms with Gasteiger partial charge in [0.05, 0.1) is 12.1 Å². The molecule has 1 aromatic rings. The number of phenols is 2. The first kappa shape index (κ1) is 12.7. The molecule has 0 spiro atoms. The summed E-state index contributed by atoms with van der Waals surface area (Å²) >= 11 is 0. The quantitative estimate of drug-likeness (QED) is 0.599. The summed E-state index contributed by atoms with van der Waals surface area (Å²) in [7, 11) is 1.59. The number of hydrogen-bond acceptors (Lipinski definition) is 5. The highest BCUT2D eigenvalue weighted by atomic mass is 16.5. The van der Waals surface area contributed by atoms with Crippen molar-refractivity contribution in [2.75, 3.05) is 20.2 Å². The minimum absolute atomic E-state index is 0.0696. The molecule has 0 radical (unpaired) electrons. The summed E-state index contributed by atoms with van der Waals surface area (Å²) in [5, 5.41) is 24.6. The van der Waals surface area contributed by atoms with Crippen molar-refractivity contribution < 1.29 is 19.7 Å². The molecule has 0 aromatic heterocycles. The standard InChI is InChI=1S/C12H16N2O4/c1-18-11-6-13-5-10(11)14-12(17)7-2-8(15)4-9(16)3-7/h2-4,10-11,13,15-16H,5-6H2,1H3,(H,14,17)/t10?,11-/m0/s1. The second-order valence-electron chi connectivity index (χ2n) is 4.25. The average molecular weight is 252 g/mol. The molecule has 1 aliphatic rings. The average Bonchev–Trinajstić information content (AvgIpc) is 2.75. The van der Waals surface area contributed by atoms with Crippen molar-refractivity contribution in [2.24, 2.45) is 0 Å². The molecule has 98 valence electrons. The van der Waals surface area contributed by atoms with Crippen LogP contribution in [0.3, 0.4) is 0 Å². The fourth-order valence-electron chi connectivity index (χ4n) is 2.02. The molecule has 6 nitrogen and oxygen atoms in total. The number of methoxy groups -OCH3 is 1. The molecule has 6 heteroatoms. The lowest BCUT2D eigenvalue weighted by Gasteiger charge is -2.18. The predicted octanol–water partition coefficient (Wildman–Crippen LogP) is -0.186. The molecule has 1 aliphatic heterocycles.